The van der Waals surface area contributed by atoms with Crippen LogP contribution in [-0.4, -0.2) is 22.3 Å². The largest absolute Gasteiger partial charge is 0.344 e. The summed E-state index contributed by atoms with van der Waals surface area (Å²) in [5.41, 5.74) is 0.723. The first-order valence-electron chi connectivity index (χ1n) is 5.61. The number of aliphatic imine (C=N–C) groups is 1. The predicted octanol–water partition coefficient (Wildman–Crippen LogP) is 1.84. The lowest BCUT2D eigenvalue weighted by atomic mass is 10.1. The molecule has 0 fully saturated rings. The molecule has 18 heavy (non-hydrogen) atoms. The molecule has 0 aliphatic carbocycles. The average Bonchev–Trinajstić information content (AvgIpc) is 2.38. The van der Waals surface area contributed by atoms with Crippen molar-refractivity contribution in [3.63, 3.8) is 0 Å². The SMILES string of the molecule is OC1(O)C=NC=CN1c1cccc2ccccc12. The molecule has 0 unspecified atom stereocenters. The molecule has 0 spiro atoms. The summed E-state index contributed by atoms with van der Waals surface area (Å²) in [5, 5.41) is 21.9. The number of aliphatic hydroxyl groups is 2. The molecule has 3 rings (SSSR count). The Morgan fingerprint density at radius 1 is 1.00 bits per heavy atom. The molecule has 0 saturated carbocycles. The fourth-order valence-electron chi connectivity index (χ4n) is 2.10. The van der Waals surface area contributed by atoms with Crippen LogP contribution in [0.15, 0.2) is 59.9 Å². The third-order valence-corrected chi connectivity index (χ3v) is 2.93. The number of rotatable bonds is 1. The van der Waals surface area contributed by atoms with E-state index in [1.165, 1.54) is 11.1 Å². The second kappa shape index (κ2) is 3.94. The van der Waals surface area contributed by atoms with Crippen LogP contribution in [0.2, 0.25) is 0 Å². The van der Waals surface area contributed by atoms with Crippen molar-refractivity contribution in [2.24, 2.45) is 4.99 Å². The van der Waals surface area contributed by atoms with E-state index in [1.54, 1.807) is 6.20 Å². The molecule has 1 aliphatic heterocycles. The molecule has 0 saturated heterocycles. The summed E-state index contributed by atoms with van der Waals surface area (Å²) in [6, 6.07) is 13.5. The minimum absolute atomic E-state index is 0.723. The molecule has 0 radical (unpaired) electrons. The van der Waals surface area contributed by atoms with Crippen LogP contribution < -0.4 is 4.90 Å². The molecule has 1 heterocycles. The Bertz CT molecular complexity index is 642. The van der Waals surface area contributed by atoms with Gasteiger partial charge in [-0.25, -0.2) is 0 Å². The van der Waals surface area contributed by atoms with Crippen LogP contribution in [0.1, 0.15) is 0 Å². The van der Waals surface area contributed by atoms with Crippen LogP contribution in [0.5, 0.6) is 0 Å². The van der Waals surface area contributed by atoms with Gasteiger partial charge in [-0.3, -0.25) is 9.89 Å². The van der Waals surface area contributed by atoms with E-state index in [-0.39, 0.29) is 0 Å². The predicted molar refractivity (Wildman–Crippen MR) is 71.2 cm³/mol. The van der Waals surface area contributed by atoms with Gasteiger partial charge in [0.2, 0.25) is 0 Å². The van der Waals surface area contributed by atoms with E-state index in [0.29, 0.717) is 0 Å². The number of nitrogens with zero attached hydrogens (tertiary/aromatic N) is 2. The normalized spacial score (nSPS) is 17.3. The van der Waals surface area contributed by atoms with Crippen molar-refractivity contribution in [1.29, 1.82) is 0 Å². The van der Waals surface area contributed by atoms with Gasteiger partial charge in [0.1, 0.15) is 0 Å². The van der Waals surface area contributed by atoms with E-state index in [1.807, 2.05) is 42.5 Å². The fraction of sp³-hybridized carbons (Fsp3) is 0.0714. The van der Waals surface area contributed by atoms with Crippen LogP contribution >= 0.6 is 0 Å². The van der Waals surface area contributed by atoms with Gasteiger partial charge in [-0.1, -0.05) is 36.4 Å². The molecule has 0 bridgehead atoms. The lowest BCUT2D eigenvalue weighted by Crippen LogP contribution is -2.48. The zero-order chi connectivity index (χ0) is 12.6. The summed E-state index contributed by atoms with van der Waals surface area (Å²) in [7, 11) is 0. The van der Waals surface area contributed by atoms with Crippen LogP contribution in [0, 0.1) is 0 Å². The van der Waals surface area contributed by atoms with Crippen molar-refractivity contribution in [2.45, 2.75) is 5.91 Å². The molecule has 0 amide bonds. The summed E-state index contributed by atoms with van der Waals surface area (Å²) in [5.74, 6) is -2.10. The molecule has 4 nitrogen and oxygen atoms in total. The summed E-state index contributed by atoms with van der Waals surface area (Å²) in [4.78, 5) is 5.12. The third-order valence-electron chi connectivity index (χ3n) is 2.93. The smallest absolute Gasteiger partial charge is 0.289 e. The zero-order valence-electron chi connectivity index (χ0n) is 9.56. The van der Waals surface area contributed by atoms with E-state index >= 15 is 0 Å². The second-order valence-corrected chi connectivity index (χ2v) is 4.13. The number of anilines is 1. The van der Waals surface area contributed by atoms with Crippen LogP contribution in [0.25, 0.3) is 10.8 Å². The minimum Gasteiger partial charge on any atom is -0.344 e. The first kappa shape index (κ1) is 11.0. The summed E-state index contributed by atoms with van der Waals surface area (Å²) >= 11 is 0. The molecule has 90 valence electrons. The van der Waals surface area contributed by atoms with Gasteiger partial charge in [-0.15, -0.1) is 0 Å². The standard InChI is InChI=1S/C14H12N2O2/c17-14(18)10-15-8-9-16(14)13-7-3-5-11-4-1-2-6-12(11)13/h1-10,17-18H. The van der Waals surface area contributed by atoms with E-state index < -0.39 is 5.91 Å². The summed E-state index contributed by atoms with van der Waals surface area (Å²) < 4.78 is 0. The maximum absolute atomic E-state index is 9.93. The van der Waals surface area contributed by atoms with Crippen LogP contribution in [0.3, 0.4) is 0 Å². The Hall–Kier alpha value is -2.17. The van der Waals surface area contributed by atoms with Crippen molar-refractivity contribution in [2.75, 3.05) is 4.90 Å². The zero-order valence-corrected chi connectivity index (χ0v) is 9.56. The Labute approximate surface area is 104 Å². The Morgan fingerprint density at radius 2 is 1.78 bits per heavy atom. The molecule has 1 aliphatic rings. The number of benzene rings is 2. The van der Waals surface area contributed by atoms with Gasteiger partial charge in [0, 0.05) is 17.8 Å². The monoisotopic (exact) mass is 240 g/mol. The fourth-order valence-corrected chi connectivity index (χ4v) is 2.10. The average molecular weight is 240 g/mol. The van der Waals surface area contributed by atoms with Crippen molar-refractivity contribution in [3.05, 3.63) is 54.9 Å². The van der Waals surface area contributed by atoms with E-state index in [0.717, 1.165) is 22.7 Å². The highest BCUT2D eigenvalue weighted by Gasteiger charge is 2.31. The molecule has 0 aromatic heterocycles. The summed E-state index contributed by atoms with van der Waals surface area (Å²) in [6.45, 7) is 0. The van der Waals surface area contributed by atoms with Crippen LogP contribution in [-0.2, 0) is 0 Å². The molecular weight excluding hydrogens is 228 g/mol. The summed E-state index contributed by atoms with van der Waals surface area (Å²) in [6.07, 6.45) is 4.16. The maximum Gasteiger partial charge on any atom is 0.289 e. The molecule has 2 aromatic carbocycles. The highest BCUT2D eigenvalue weighted by atomic mass is 16.5. The third kappa shape index (κ3) is 1.68. The van der Waals surface area contributed by atoms with Crippen molar-refractivity contribution in [1.82, 2.24) is 0 Å². The first-order valence-corrected chi connectivity index (χ1v) is 5.61. The molecule has 2 N–H and O–H groups in total. The van der Waals surface area contributed by atoms with Gasteiger partial charge in [0.15, 0.2) is 0 Å². The van der Waals surface area contributed by atoms with Gasteiger partial charge in [-0.2, -0.15) is 0 Å². The van der Waals surface area contributed by atoms with Crippen molar-refractivity contribution >= 4 is 22.7 Å². The molecule has 0 atom stereocenters. The van der Waals surface area contributed by atoms with Gasteiger partial charge in [0.25, 0.3) is 5.91 Å². The Morgan fingerprint density at radius 3 is 2.61 bits per heavy atom. The maximum atomic E-state index is 9.93. The number of hydrogen-bond donors (Lipinski definition) is 2. The highest BCUT2D eigenvalue weighted by molar-refractivity contribution is 5.96. The number of hydrogen-bond acceptors (Lipinski definition) is 4. The molecule has 4 heteroatoms. The first-order chi connectivity index (χ1) is 8.68. The molecular formula is C14H12N2O2. The van der Waals surface area contributed by atoms with E-state index in [9.17, 15) is 10.2 Å². The number of fused-ring (bicyclic) bond motifs is 1. The van der Waals surface area contributed by atoms with Gasteiger partial charge in [-0.05, 0) is 11.5 Å². The van der Waals surface area contributed by atoms with E-state index in [4.69, 9.17) is 0 Å². The van der Waals surface area contributed by atoms with E-state index in [2.05, 4.69) is 4.99 Å². The highest BCUT2D eigenvalue weighted by Crippen LogP contribution is 2.30. The van der Waals surface area contributed by atoms with Crippen molar-refractivity contribution < 1.29 is 10.2 Å². The molecule has 2 aromatic rings. The lowest BCUT2D eigenvalue weighted by molar-refractivity contribution is -0.0889. The Balaban J connectivity index is 2.21. The quantitative estimate of drug-likeness (QED) is 0.748. The topological polar surface area (TPSA) is 56.1 Å². The minimum atomic E-state index is -2.10. The van der Waals surface area contributed by atoms with Crippen LogP contribution in [0.4, 0.5) is 5.69 Å². The Kier molecular flexibility index (Phi) is 2.40. The second-order valence-electron chi connectivity index (χ2n) is 4.13. The van der Waals surface area contributed by atoms with Gasteiger partial charge < -0.3 is 10.2 Å². The van der Waals surface area contributed by atoms with Crippen molar-refractivity contribution in [3.8, 4) is 0 Å². The van der Waals surface area contributed by atoms with Gasteiger partial charge >= 0.3 is 0 Å². The van der Waals surface area contributed by atoms with Gasteiger partial charge in [0.05, 0.1) is 11.9 Å². The lowest BCUT2D eigenvalue weighted by Gasteiger charge is -2.33.